The number of benzene rings is 1. The summed E-state index contributed by atoms with van der Waals surface area (Å²) in [6.45, 7) is 3.88. The minimum absolute atomic E-state index is 0.0604. The molecule has 128 valence electrons. The van der Waals surface area contributed by atoms with Crippen LogP contribution in [0.2, 0.25) is 0 Å². The van der Waals surface area contributed by atoms with E-state index in [-0.39, 0.29) is 6.04 Å². The highest BCUT2D eigenvalue weighted by Gasteiger charge is 2.29. The molecule has 25 heavy (non-hydrogen) atoms. The van der Waals surface area contributed by atoms with E-state index in [4.69, 9.17) is 9.26 Å². The summed E-state index contributed by atoms with van der Waals surface area (Å²) >= 11 is 0. The number of nitrogens with zero attached hydrogens (tertiary/aromatic N) is 4. The summed E-state index contributed by atoms with van der Waals surface area (Å²) < 4.78 is 11.0. The summed E-state index contributed by atoms with van der Waals surface area (Å²) in [6, 6.07) is 11.2. The fraction of sp³-hybridized carbons (Fsp3) is 0.333. The molecule has 2 heterocycles. The number of ether oxygens (including phenoxy) is 1. The van der Waals surface area contributed by atoms with Gasteiger partial charge in [-0.3, -0.25) is 0 Å². The minimum Gasteiger partial charge on any atom is -0.438 e. The molecule has 1 aliphatic rings. The van der Waals surface area contributed by atoms with E-state index in [9.17, 15) is 0 Å². The molecule has 1 saturated carbocycles. The Morgan fingerprint density at radius 2 is 1.92 bits per heavy atom. The monoisotopic (exact) mass is 337 g/mol. The second-order valence-electron chi connectivity index (χ2n) is 6.27. The van der Waals surface area contributed by atoms with Crippen LogP contribution in [0.25, 0.3) is 0 Å². The molecular weight excluding hydrogens is 318 g/mol. The van der Waals surface area contributed by atoms with Crippen LogP contribution in [0.1, 0.15) is 49.1 Å². The maximum atomic E-state index is 5.67. The molecule has 0 saturated heterocycles. The van der Waals surface area contributed by atoms with Crippen LogP contribution in [0.15, 0.2) is 40.9 Å². The van der Waals surface area contributed by atoms with Gasteiger partial charge in [-0.05, 0) is 57.0 Å². The quantitative estimate of drug-likeness (QED) is 0.727. The standard InChI is InChI=1S/C18H19N5O2/c1-11-3-10-16(22-21-11)24-15-8-6-14(7-9-15)19-12(2)18-20-17(23-25-18)13-4-5-13/h3,6-10,12-13,19H,4-5H2,1-2H3/t12-/m1/s1. The molecular formula is C18H19N5O2. The van der Waals surface area contributed by atoms with Gasteiger partial charge in [-0.15, -0.1) is 5.10 Å². The van der Waals surface area contributed by atoms with E-state index in [1.54, 1.807) is 6.07 Å². The highest BCUT2D eigenvalue weighted by Crippen LogP contribution is 2.38. The first-order valence-electron chi connectivity index (χ1n) is 8.35. The zero-order chi connectivity index (χ0) is 17.2. The van der Waals surface area contributed by atoms with Crippen molar-refractivity contribution in [1.82, 2.24) is 20.3 Å². The predicted octanol–water partition coefficient (Wildman–Crippen LogP) is 4.01. The van der Waals surface area contributed by atoms with Crippen LogP contribution in [0.4, 0.5) is 5.69 Å². The zero-order valence-electron chi connectivity index (χ0n) is 14.1. The third-order valence-electron chi connectivity index (χ3n) is 4.00. The Balaban J connectivity index is 1.38. The van der Waals surface area contributed by atoms with Crippen LogP contribution >= 0.6 is 0 Å². The molecule has 0 bridgehead atoms. The lowest BCUT2D eigenvalue weighted by molar-refractivity contribution is 0.363. The third kappa shape index (κ3) is 3.76. The molecule has 1 N–H and O–H groups in total. The average Bonchev–Trinajstić information content (AvgIpc) is 3.35. The topological polar surface area (TPSA) is 86.0 Å². The smallest absolute Gasteiger partial charge is 0.248 e. The minimum atomic E-state index is -0.0604. The van der Waals surface area contributed by atoms with Crippen molar-refractivity contribution in [3.63, 3.8) is 0 Å². The number of rotatable bonds is 6. The van der Waals surface area contributed by atoms with E-state index < -0.39 is 0 Å². The van der Waals surface area contributed by atoms with Gasteiger partial charge in [0.05, 0.1) is 5.69 Å². The first-order chi connectivity index (χ1) is 12.2. The lowest BCUT2D eigenvalue weighted by Crippen LogP contribution is -2.07. The molecule has 0 radical (unpaired) electrons. The molecule has 1 fully saturated rings. The fourth-order valence-corrected chi connectivity index (χ4v) is 2.42. The van der Waals surface area contributed by atoms with Crippen LogP contribution in [0.5, 0.6) is 11.6 Å². The van der Waals surface area contributed by atoms with Crippen LogP contribution in [0, 0.1) is 6.92 Å². The van der Waals surface area contributed by atoms with Gasteiger partial charge in [0.15, 0.2) is 5.82 Å². The number of hydrogen-bond donors (Lipinski definition) is 1. The van der Waals surface area contributed by atoms with Crippen molar-refractivity contribution in [2.75, 3.05) is 5.32 Å². The Bertz CT molecular complexity index is 841. The lowest BCUT2D eigenvalue weighted by Gasteiger charge is -2.11. The van der Waals surface area contributed by atoms with Gasteiger partial charge in [0.1, 0.15) is 11.8 Å². The largest absolute Gasteiger partial charge is 0.438 e. The first-order valence-corrected chi connectivity index (χ1v) is 8.35. The molecule has 0 unspecified atom stereocenters. The summed E-state index contributed by atoms with van der Waals surface area (Å²) in [5, 5.41) is 15.4. The van der Waals surface area contributed by atoms with Crippen molar-refractivity contribution in [1.29, 1.82) is 0 Å². The Morgan fingerprint density at radius 3 is 2.60 bits per heavy atom. The lowest BCUT2D eigenvalue weighted by atomic mass is 10.2. The summed E-state index contributed by atoms with van der Waals surface area (Å²) in [5.74, 6) is 3.10. The molecule has 7 nitrogen and oxygen atoms in total. The third-order valence-corrected chi connectivity index (χ3v) is 4.00. The summed E-state index contributed by atoms with van der Waals surface area (Å²) in [6.07, 6.45) is 2.32. The van der Waals surface area contributed by atoms with E-state index in [1.165, 1.54) is 0 Å². The van der Waals surface area contributed by atoms with Crippen LogP contribution in [-0.2, 0) is 0 Å². The number of aromatic nitrogens is 4. The van der Waals surface area contributed by atoms with Crippen LogP contribution in [-0.4, -0.2) is 20.3 Å². The van der Waals surface area contributed by atoms with Gasteiger partial charge in [-0.2, -0.15) is 10.1 Å². The van der Waals surface area contributed by atoms with Crippen molar-refractivity contribution in [3.05, 3.63) is 53.8 Å². The molecule has 3 aromatic rings. The van der Waals surface area contributed by atoms with E-state index in [0.29, 0.717) is 23.4 Å². The van der Waals surface area contributed by atoms with Crippen molar-refractivity contribution < 1.29 is 9.26 Å². The second kappa shape index (κ2) is 6.51. The molecule has 1 aromatic carbocycles. The number of anilines is 1. The molecule has 2 aromatic heterocycles. The Morgan fingerprint density at radius 1 is 1.12 bits per heavy atom. The van der Waals surface area contributed by atoms with Crippen LogP contribution < -0.4 is 10.1 Å². The van der Waals surface area contributed by atoms with Crippen LogP contribution in [0.3, 0.4) is 0 Å². The highest BCUT2D eigenvalue weighted by molar-refractivity contribution is 5.47. The Kier molecular flexibility index (Phi) is 4.05. The van der Waals surface area contributed by atoms with Gasteiger partial charge in [0.2, 0.25) is 11.8 Å². The van der Waals surface area contributed by atoms with E-state index in [2.05, 4.69) is 25.7 Å². The molecule has 1 atom stereocenters. The van der Waals surface area contributed by atoms with Gasteiger partial charge in [-0.1, -0.05) is 5.16 Å². The summed E-state index contributed by atoms with van der Waals surface area (Å²) in [7, 11) is 0. The van der Waals surface area contributed by atoms with Crippen molar-refractivity contribution in [2.24, 2.45) is 0 Å². The Hall–Kier alpha value is -2.96. The number of aryl methyl sites for hydroxylation is 1. The van der Waals surface area contributed by atoms with Crippen molar-refractivity contribution in [3.8, 4) is 11.6 Å². The van der Waals surface area contributed by atoms with E-state index in [0.717, 1.165) is 30.0 Å². The van der Waals surface area contributed by atoms with Crippen molar-refractivity contribution in [2.45, 2.75) is 38.6 Å². The summed E-state index contributed by atoms with van der Waals surface area (Å²) in [4.78, 5) is 4.47. The molecule has 1 aliphatic carbocycles. The molecule has 0 amide bonds. The zero-order valence-corrected chi connectivity index (χ0v) is 14.1. The molecule has 4 rings (SSSR count). The predicted molar refractivity (Wildman–Crippen MR) is 91.6 cm³/mol. The highest BCUT2D eigenvalue weighted by atomic mass is 16.5. The second-order valence-corrected chi connectivity index (χ2v) is 6.27. The molecule has 7 heteroatoms. The van der Waals surface area contributed by atoms with Gasteiger partial charge < -0.3 is 14.6 Å². The van der Waals surface area contributed by atoms with E-state index in [1.807, 2.05) is 44.2 Å². The maximum Gasteiger partial charge on any atom is 0.248 e. The number of nitrogens with one attached hydrogen (secondary N) is 1. The van der Waals surface area contributed by atoms with E-state index >= 15 is 0 Å². The molecule has 0 spiro atoms. The van der Waals surface area contributed by atoms with Crippen molar-refractivity contribution >= 4 is 5.69 Å². The normalized spacial score (nSPS) is 15.0. The SMILES string of the molecule is Cc1ccc(Oc2ccc(N[C@H](C)c3nc(C4CC4)no3)cc2)nn1. The van der Waals surface area contributed by atoms with Gasteiger partial charge >= 0.3 is 0 Å². The maximum absolute atomic E-state index is 5.67. The fourth-order valence-electron chi connectivity index (χ4n) is 2.42. The first kappa shape index (κ1) is 15.6. The number of hydrogen-bond acceptors (Lipinski definition) is 7. The van der Waals surface area contributed by atoms with Gasteiger partial charge in [0, 0.05) is 17.7 Å². The van der Waals surface area contributed by atoms with Gasteiger partial charge in [0.25, 0.3) is 0 Å². The van der Waals surface area contributed by atoms with Gasteiger partial charge in [-0.25, -0.2) is 0 Å². The Labute approximate surface area is 145 Å². The summed E-state index contributed by atoms with van der Waals surface area (Å²) in [5.41, 5.74) is 1.80. The molecule has 0 aliphatic heterocycles. The average molecular weight is 337 g/mol.